The Morgan fingerprint density at radius 1 is 0.396 bits per heavy atom. The molecule has 4 nitrogen and oxygen atoms in total. The number of hydrogen-bond acceptors (Lipinski definition) is 3. The Kier molecular flexibility index (Phi) is 9.95. The van der Waals surface area contributed by atoms with Crippen molar-refractivity contribution in [3.05, 3.63) is 216 Å². The first-order valence-electron chi connectivity index (χ1n) is 16.0. The standard InChI is InChI=1S/C25H22N.C19H16O3/c1-5-13-22(14-6-1)21-26(23-15-7-2-8-16-23,24-17-9-3-10-18-24)25-19-11-4-12-20-25;20-16-7-1-13(2-8-16)19(14-3-9-17(21)10-4-14)15-5-11-18(22)12-6-15/h1-20H,21H2;1-12,19-22H/q+1;/p-1. The van der Waals surface area contributed by atoms with E-state index in [0.717, 1.165) is 23.2 Å². The van der Waals surface area contributed by atoms with Gasteiger partial charge in [0.1, 0.15) is 35.1 Å². The molecule has 236 valence electrons. The van der Waals surface area contributed by atoms with Crippen LogP contribution in [-0.4, -0.2) is 10.2 Å². The molecule has 0 atom stereocenters. The Balaban J connectivity index is 0.000000170. The highest BCUT2D eigenvalue weighted by Crippen LogP contribution is 2.45. The van der Waals surface area contributed by atoms with Gasteiger partial charge in [-0.2, -0.15) is 0 Å². The van der Waals surface area contributed by atoms with Crippen LogP contribution in [0.4, 0.5) is 17.1 Å². The number of para-hydroxylation sites is 3. The highest BCUT2D eigenvalue weighted by molar-refractivity contribution is 5.71. The first-order valence-corrected chi connectivity index (χ1v) is 16.0. The van der Waals surface area contributed by atoms with E-state index in [-0.39, 0.29) is 23.2 Å². The topological polar surface area (TPSA) is 63.5 Å². The molecule has 7 aromatic carbocycles. The van der Waals surface area contributed by atoms with Gasteiger partial charge in [-0.1, -0.05) is 133 Å². The Bertz CT molecular complexity index is 1770. The Morgan fingerprint density at radius 2 is 0.708 bits per heavy atom. The van der Waals surface area contributed by atoms with Crippen LogP contribution in [0.5, 0.6) is 17.2 Å². The highest BCUT2D eigenvalue weighted by Gasteiger charge is 2.36. The average molecular weight is 628 g/mol. The number of hydrogen-bond donors (Lipinski definition) is 2. The summed E-state index contributed by atoms with van der Waals surface area (Å²) in [4.78, 5) is 0. The first-order chi connectivity index (χ1) is 23.5. The summed E-state index contributed by atoms with van der Waals surface area (Å²) in [5.74, 6) is 0.326. The number of quaternary nitrogens is 1. The molecule has 0 heterocycles. The van der Waals surface area contributed by atoms with Gasteiger partial charge in [0, 0.05) is 11.5 Å². The largest absolute Gasteiger partial charge is 0.872 e. The van der Waals surface area contributed by atoms with Crippen molar-refractivity contribution in [2.45, 2.75) is 12.5 Å². The molecule has 7 aromatic rings. The lowest BCUT2D eigenvalue weighted by molar-refractivity contribution is -0.268. The van der Waals surface area contributed by atoms with Gasteiger partial charge in [0.15, 0.2) is 0 Å². The van der Waals surface area contributed by atoms with Crippen LogP contribution in [0.2, 0.25) is 0 Å². The molecule has 0 saturated carbocycles. The number of phenolic OH excluding ortho intramolecular Hbond substituents is 2. The normalized spacial score (nSPS) is 11.0. The Morgan fingerprint density at radius 3 is 1.06 bits per heavy atom. The fraction of sp³-hybridized carbons (Fsp3) is 0.0455. The second kappa shape index (κ2) is 15.0. The van der Waals surface area contributed by atoms with Crippen LogP contribution in [0, 0.1) is 0 Å². The first kappa shape index (κ1) is 31.9. The summed E-state index contributed by atoms with van der Waals surface area (Å²) < 4.78 is 0.659. The van der Waals surface area contributed by atoms with Crippen LogP contribution in [0.1, 0.15) is 28.2 Å². The van der Waals surface area contributed by atoms with Gasteiger partial charge in [0.2, 0.25) is 0 Å². The minimum atomic E-state index is -0.0678. The fourth-order valence-corrected chi connectivity index (χ4v) is 6.20. The van der Waals surface area contributed by atoms with Gasteiger partial charge in [-0.3, -0.25) is 0 Å². The van der Waals surface area contributed by atoms with E-state index < -0.39 is 0 Å². The van der Waals surface area contributed by atoms with E-state index in [0.29, 0.717) is 4.48 Å². The summed E-state index contributed by atoms with van der Waals surface area (Å²) in [5, 5.41) is 30.3. The second-order valence-electron chi connectivity index (χ2n) is 11.6. The molecule has 4 heteroatoms. The zero-order valence-corrected chi connectivity index (χ0v) is 26.5. The molecule has 0 fully saturated rings. The summed E-state index contributed by atoms with van der Waals surface area (Å²) in [6.07, 6.45) is 0. The van der Waals surface area contributed by atoms with Crippen LogP contribution in [-0.2, 0) is 6.54 Å². The zero-order valence-electron chi connectivity index (χ0n) is 26.5. The van der Waals surface area contributed by atoms with Crippen molar-refractivity contribution < 1.29 is 15.3 Å². The molecule has 0 aliphatic carbocycles. The van der Waals surface area contributed by atoms with Crippen LogP contribution in [0.3, 0.4) is 0 Å². The van der Waals surface area contributed by atoms with Crippen molar-refractivity contribution >= 4 is 17.1 Å². The minimum Gasteiger partial charge on any atom is -0.872 e. The van der Waals surface area contributed by atoms with Gasteiger partial charge in [0.05, 0.1) is 0 Å². The van der Waals surface area contributed by atoms with Crippen molar-refractivity contribution in [1.29, 1.82) is 0 Å². The van der Waals surface area contributed by atoms with E-state index in [1.54, 1.807) is 36.4 Å². The van der Waals surface area contributed by atoms with Gasteiger partial charge >= 0.3 is 0 Å². The number of benzene rings is 7. The number of aromatic hydroxyl groups is 2. The summed E-state index contributed by atoms with van der Waals surface area (Å²) in [6.45, 7) is 0.860. The monoisotopic (exact) mass is 627 g/mol. The third-order valence-corrected chi connectivity index (χ3v) is 8.52. The van der Waals surface area contributed by atoms with Crippen molar-refractivity contribution in [2.75, 3.05) is 0 Å². The molecule has 0 radical (unpaired) electrons. The van der Waals surface area contributed by atoms with Crippen LogP contribution < -0.4 is 9.59 Å². The Labute approximate surface area is 282 Å². The number of rotatable bonds is 8. The molecule has 0 spiro atoms. The number of nitrogens with zero attached hydrogens (tertiary/aromatic N) is 1. The predicted molar refractivity (Wildman–Crippen MR) is 194 cm³/mol. The van der Waals surface area contributed by atoms with Gasteiger partial charge in [-0.15, -0.1) is 5.75 Å². The molecule has 0 aliphatic rings. The predicted octanol–water partition coefficient (Wildman–Crippen LogP) is 10.2. The molecule has 0 unspecified atom stereocenters. The molecule has 7 rings (SSSR count). The molecule has 0 aromatic heterocycles. The molecule has 0 saturated heterocycles. The van der Waals surface area contributed by atoms with E-state index in [2.05, 4.69) is 121 Å². The van der Waals surface area contributed by atoms with E-state index in [4.69, 9.17) is 0 Å². The summed E-state index contributed by atoms with van der Waals surface area (Å²) in [7, 11) is 0. The molecule has 0 aliphatic heterocycles. The second-order valence-corrected chi connectivity index (χ2v) is 11.6. The van der Waals surface area contributed by atoms with Crippen LogP contribution in [0.15, 0.2) is 194 Å². The lowest BCUT2D eigenvalue weighted by Crippen LogP contribution is -2.38. The molecular weight excluding hydrogens is 590 g/mol. The minimum absolute atomic E-state index is 0.0288. The van der Waals surface area contributed by atoms with Crippen LogP contribution in [0.25, 0.3) is 0 Å². The molecule has 2 N–H and O–H groups in total. The van der Waals surface area contributed by atoms with Gasteiger partial charge in [-0.05, 0) is 77.4 Å². The summed E-state index contributed by atoms with van der Waals surface area (Å²) in [5.41, 5.74) is 8.07. The summed E-state index contributed by atoms with van der Waals surface area (Å²) >= 11 is 0. The highest BCUT2D eigenvalue weighted by atomic mass is 16.3. The van der Waals surface area contributed by atoms with Crippen molar-refractivity contribution in [1.82, 2.24) is 4.48 Å². The molecule has 0 bridgehead atoms. The molecule has 0 amide bonds. The smallest absolute Gasteiger partial charge is 0.143 e. The summed E-state index contributed by atoms with van der Waals surface area (Å²) in [6, 6.07) is 63.8. The van der Waals surface area contributed by atoms with Crippen molar-refractivity contribution in [3.63, 3.8) is 0 Å². The SMILES string of the molecule is [O-]c1ccc(C(c2ccc(O)cc2)c2ccc(O)cc2)cc1.c1ccc(C[N+](c2ccccc2)(c2ccccc2)c2ccccc2)cc1. The van der Waals surface area contributed by atoms with Crippen molar-refractivity contribution in [2.24, 2.45) is 0 Å². The van der Waals surface area contributed by atoms with Gasteiger partial charge in [0.25, 0.3) is 0 Å². The van der Waals surface area contributed by atoms with E-state index in [1.807, 2.05) is 36.4 Å². The maximum atomic E-state index is 11.3. The lowest BCUT2D eigenvalue weighted by Gasteiger charge is -2.37. The van der Waals surface area contributed by atoms with Gasteiger partial charge < -0.3 is 15.3 Å². The maximum Gasteiger partial charge on any atom is 0.143 e. The van der Waals surface area contributed by atoms with E-state index >= 15 is 0 Å². The Hall–Kier alpha value is -6.10. The van der Waals surface area contributed by atoms with E-state index in [1.165, 1.54) is 22.6 Å². The zero-order chi connectivity index (χ0) is 33.2. The maximum absolute atomic E-state index is 11.3. The third-order valence-electron chi connectivity index (χ3n) is 8.52. The van der Waals surface area contributed by atoms with Gasteiger partial charge in [-0.25, -0.2) is 4.48 Å². The average Bonchev–Trinajstić information content (AvgIpc) is 3.15. The lowest BCUT2D eigenvalue weighted by atomic mass is 9.85. The quantitative estimate of drug-likeness (QED) is 0.130. The molecule has 48 heavy (non-hydrogen) atoms. The third kappa shape index (κ3) is 7.31. The molecular formula is C44H37NO3. The van der Waals surface area contributed by atoms with Crippen LogP contribution >= 0.6 is 0 Å². The van der Waals surface area contributed by atoms with Crippen molar-refractivity contribution in [3.8, 4) is 17.2 Å². The van der Waals surface area contributed by atoms with E-state index in [9.17, 15) is 15.3 Å². The number of phenols is 2. The fourth-order valence-electron chi connectivity index (χ4n) is 6.20.